The number of aromatic nitrogens is 2. The van der Waals surface area contributed by atoms with E-state index in [4.69, 9.17) is 4.74 Å². The number of aryl methyl sites for hydroxylation is 1. The van der Waals surface area contributed by atoms with Crippen molar-refractivity contribution in [1.29, 1.82) is 0 Å². The summed E-state index contributed by atoms with van der Waals surface area (Å²) >= 11 is 0. The lowest BCUT2D eigenvalue weighted by Gasteiger charge is -2.09. The van der Waals surface area contributed by atoms with Gasteiger partial charge in [-0.3, -0.25) is 4.79 Å². The highest BCUT2D eigenvalue weighted by Gasteiger charge is 2.26. The zero-order valence-corrected chi connectivity index (χ0v) is 11.4. The van der Waals surface area contributed by atoms with Gasteiger partial charge in [0.05, 0.1) is 6.07 Å². The van der Waals surface area contributed by atoms with Crippen molar-refractivity contribution in [1.82, 2.24) is 9.97 Å². The van der Waals surface area contributed by atoms with E-state index in [9.17, 15) is 14.7 Å². The number of benzene rings is 1. The summed E-state index contributed by atoms with van der Waals surface area (Å²) in [5.74, 6) is 0.0839. The predicted molar refractivity (Wildman–Crippen MR) is 75.0 cm³/mol. The minimum atomic E-state index is -1.08. The van der Waals surface area contributed by atoms with Gasteiger partial charge in [0.25, 0.3) is 5.56 Å². The lowest BCUT2D eigenvalue weighted by atomic mass is 10.1. The Labute approximate surface area is 120 Å². The highest BCUT2D eigenvalue weighted by atomic mass is 16.5. The van der Waals surface area contributed by atoms with Gasteiger partial charge in [-0.25, -0.2) is 4.79 Å². The normalized spacial score (nSPS) is 14.0. The van der Waals surface area contributed by atoms with E-state index in [1.807, 2.05) is 0 Å². The standard InChI is InChI=1S/C15H14N2O4/c1-8-2-5-11(10(6-8)15(19)20)21-13-7-12(18)16-14(17-13)9-3-4-9/h2,5-7,9H,3-4H2,1H3,(H,19,20)(H,16,17,18). The van der Waals surface area contributed by atoms with Crippen molar-refractivity contribution in [2.75, 3.05) is 0 Å². The average molecular weight is 286 g/mol. The molecule has 0 amide bonds. The Kier molecular flexibility index (Phi) is 3.21. The van der Waals surface area contributed by atoms with Gasteiger partial charge in [-0.05, 0) is 31.9 Å². The molecule has 1 aliphatic carbocycles. The molecule has 0 atom stereocenters. The number of ether oxygens (including phenoxy) is 1. The van der Waals surface area contributed by atoms with Crippen molar-refractivity contribution < 1.29 is 14.6 Å². The molecule has 1 aliphatic rings. The third-order valence-electron chi connectivity index (χ3n) is 3.28. The van der Waals surface area contributed by atoms with Gasteiger partial charge in [0, 0.05) is 5.92 Å². The number of carbonyl (C=O) groups is 1. The molecule has 2 aromatic rings. The SMILES string of the molecule is Cc1ccc(Oc2cc(=O)[nH]c(C3CC3)n2)c(C(=O)O)c1. The number of H-pyrrole nitrogens is 1. The lowest BCUT2D eigenvalue weighted by Crippen LogP contribution is -2.11. The largest absolute Gasteiger partial charge is 0.478 e. The quantitative estimate of drug-likeness (QED) is 0.900. The molecule has 0 radical (unpaired) electrons. The van der Waals surface area contributed by atoms with Gasteiger partial charge in [0.15, 0.2) is 0 Å². The number of hydrogen-bond acceptors (Lipinski definition) is 4. The van der Waals surface area contributed by atoms with Gasteiger partial charge in [0.2, 0.25) is 5.88 Å². The van der Waals surface area contributed by atoms with Crippen molar-refractivity contribution in [3.63, 3.8) is 0 Å². The Balaban J connectivity index is 1.97. The molecule has 0 bridgehead atoms. The van der Waals surface area contributed by atoms with E-state index < -0.39 is 5.97 Å². The fourth-order valence-electron chi connectivity index (χ4n) is 2.07. The number of aromatic carboxylic acids is 1. The molecule has 1 fully saturated rings. The van der Waals surface area contributed by atoms with E-state index in [0.717, 1.165) is 18.4 Å². The van der Waals surface area contributed by atoms with Crippen molar-refractivity contribution in [3.8, 4) is 11.6 Å². The van der Waals surface area contributed by atoms with Crippen LogP contribution >= 0.6 is 0 Å². The molecule has 2 N–H and O–H groups in total. The summed E-state index contributed by atoms with van der Waals surface area (Å²) in [4.78, 5) is 29.8. The first-order valence-electron chi connectivity index (χ1n) is 6.66. The third-order valence-corrected chi connectivity index (χ3v) is 3.28. The monoisotopic (exact) mass is 286 g/mol. The van der Waals surface area contributed by atoms with Crippen molar-refractivity contribution in [3.05, 3.63) is 51.6 Å². The Morgan fingerprint density at radius 2 is 2.14 bits per heavy atom. The molecule has 6 heteroatoms. The van der Waals surface area contributed by atoms with Crippen molar-refractivity contribution in [2.45, 2.75) is 25.7 Å². The zero-order valence-electron chi connectivity index (χ0n) is 11.4. The second-order valence-corrected chi connectivity index (χ2v) is 5.15. The molecule has 1 aromatic carbocycles. The number of aromatic amines is 1. The molecule has 1 saturated carbocycles. The first-order chi connectivity index (χ1) is 10.0. The van der Waals surface area contributed by atoms with Gasteiger partial charge in [-0.1, -0.05) is 11.6 Å². The smallest absolute Gasteiger partial charge is 0.339 e. The predicted octanol–water partition coefficient (Wildman–Crippen LogP) is 2.45. The summed E-state index contributed by atoms with van der Waals surface area (Å²) in [5.41, 5.74) is 0.563. The van der Waals surface area contributed by atoms with Gasteiger partial charge in [-0.2, -0.15) is 4.98 Å². The fourth-order valence-corrected chi connectivity index (χ4v) is 2.07. The van der Waals surface area contributed by atoms with Gasteiger partial charge in [0.1, 0.15) is 17.1 Å². The molecule has 6 nitrogen and oxygen atoms in total. The second-order valence-electron chi connectivity index (χ2n) is 5.15. The van der Waals surface area contributed by atoms with Crippen LogP contribution in [0.3, 0.4) is 0 Å². The van der Waals surface area contributed by atoms with E-state index in [1.165, 1.54) is 12.1 Å². The van der Waals surface area contributed by atoms with Crippen LogP contribution in [0.4, 0.5) is 0 Å². The molecule has 0 aliphatic heterocycles. The molecular weight excluding hydrogens is 272 g/mol. The fraction of sp³-hybridized carbons (Fsp3) is 0.267. The topological polar surface area (TPSA) is 92.3 Å². The minimum Gasteiger partial charge on any atom is -0.478 e. The summed E-state index contributed by atoms with van der Waals surface area (Å²) in [6.07, 6.45) is 1.99. The summed E-state index contributed by atoms with van der Waals surface area (Å²) < 4.78 is 5.51. The Morgan fingerprint density at radius 1 is 1.38 bits per heavy atom. The van der Waals surface area contributed by atoms with Crippen molar-refractivity contribution >= 4 is 5.97 Å². The first kappa shape index (κ1) is 13.4. The lowest BCUT2D eigenvalue weighted by molar-refractivity contribution is 0.0694. The van der Waals surface area contributed by atoms with Crippen LogP contribution in [-0.2, 0) is 0 Å². The van der Waals surface area contributed by atoms with Gasteiger partial charge < -0.3 is 14.8 Å². The van der Waals surface area contributed by atoms with Crippen LogP contribution in [0.5, 0.6) is 11.6 Å². The van der Waals surface area contributed by atoms with E-state index >= 15 is 0 Å². The van der Waals surface area contributed by atoms with Crippen LogP contribution in [0, 0.1) is 6.92 Å². The third kappa shape index (κ3) is 2.94. The number of nitrogens with zero attached hydrogens (tertiary/aromatic N) is 1. The number of hydrogen-bond donors (Lipinski definition) is 2. The molecule has 0 saturated heterocycles. The first-order valence-corrected chi connectivity index (χ1v) is 6.66. The zero-order chi connectivity index (χ0) is 15.0. The summed E-state index contributed by atoms with van der Waals surface area (Å²) in [6, 6.07) is 6.05. The molecule has 1 heterocycles. The minimum absolute atomic E-state index is 0.0463. The molecule has 21 heavy (non-hydrogen) atoms. The molecule has 108 valence electrons. The number of rotatable bonds is 4. The Bertz CT molecular complexity index is 763. The van der Waals surface area contributed by atoms with E-state index in [-0.39, 0.29) is 28.7 Å². The van der Waals surface area contributed by atoms with Crippen molar-refractivity contribution in [2.24, 2.45) is 0 Å². The van der Waals surface area contributed by atoms with E-state index in [2.05, 4.69) is 9.97 Å². The Morgan fingerprint density at radius 3 is 2.81 bits per heavy atom. The van der Waals surface area contributed by atoms with Gasteiger partial charge >= 0.3 is 5.97 Å². The average Bonchev–Trinajstić information content (AvgIpc) is 3.24. The van der Waals surface area contributed by atoms with E-state index in [1.54, 1.807) is 19.1 Å². The Hall–Kier alpha value is -2.63. The maximum Gasteiger partial charge on any atom is 0.339 e. The highest BCUT2D eigenvalue weighted by molar-refractivity contribution is 5.91. The number of carboxylic acids is 1. The number of carboxylic acid groups (broad SMARTS) is 1. The summed E-state index contributed by atoms with van der Waals surface area (Å²) in [6.45, 7) is 1.80. The van der Waals surface area contributed by atoms with E-state index in [0.29, 0.717) is 5.82 Å². The molecule has 1 aromatic heterocycles. The van der Waals surface area contributed by atoms with Crippen LogP contribution < -0.4 is 10.3 Å². The number of nitrogens with one attached hydrogen (secondary N) is 1. The molecule has 3 rings (SSSR count). The van der Waals surface area contributed by atoms with Crippen LogP contribution in [-0.4, -0.2) is 21.0 Å². The summed E-state index contributed by atoms with van der Waals surface area (Å²) in [7, 11) is 0. The van der Waals surface area contributed by atoms with Gasteiger partial charge in [-0.15, -0.1) is 0 Å². The molecule has 0 spiro atoms. The van der Waals surface area contributed by atoms with Crippen LogP contribution in [0.15, 0.2) is 29.1 Å². The second kappa shape index (κ2) is 5.05. The molecular formula is C15H14N2O4. The highest BCUT2D eigenvalue weighted by Crippen LogP contribution is 2.38. The maximum absolute atomic E-state index is 11.6. The van der Waals surface area contributed by atoms with Crippen LogP contribution in [0.1, 0.15) is 40.5 Å². The maximum atomic E-state index is 11.6. The molecule has 0 unspecified atom stereocenters. The van der Waals surface area contributed by atoms with Crippen LogP contribution in [0.2, 0.25) is 0 Å². The summed E-state index contributed by atoms with van der Waals surface area (Å²) in [5, 5.41) is 9.21. The van der Waals surface area contributed by atoms with Crippen LogP contribution in [0.25, 0.3) is 0 Å².